The van der Waals surface area contributed by atoms with Crippen LogP contribution in [0.2, 0.25) is 0 Å². The van der Waals surface area contributed by atoms with Crippen LogP contribution in [0.4, 0.5) is 13.2 Å². The van der Waals surface area contributed by atoms with Crippen LogP contribution in [-0.4, -0.2) is 9.97 Å². The van der Waals surface area contributed by atoms with Crippen molar-refractivity contribution in [3.8, 4) is 0 Å². The fourth-order valence-corrected chi connectivity index (χ4v) is 2.63. The fraction of sp³-hybridized carbons (Fsp3) is 0.278. The minimum Gasteiger partial charge on any atom is -0.357 e. The van der Waals surface area contributed by atoms with Gasteiger partial charge in [-0.1, -0.05) is 18.2 Å². The highest BCUT2D eigenvalue weighted by Crippen LogP contribution is 2.28. The molecule has 0 saturated heterocycles. The zero-order valence-corrected chi connectivity index (χ0v) is 13.4. The van der Waals surface area contributed by atoms with Crippen molar-refractivity contribution in [3.63, 3.8) is 0 Å². The summed E-state index contributed by atoms with van der Waals surface area (Å²) in [5.41, 5.74) is 2.58. The Morgan fingerprint density at radius 1 is 1.21 bits per heavy atom. The van der Waals surface area contributed by atoms with Crippen molar-refractivity contribution in [1.29, 1.82) is 0 Å². The molecule has 0 bridgehead atoms. The molecule has 24 heavy (non-hydrogen) atoms. The molecule has 3 nitrogen and oxygen atoms in total. The van der Waals surface area contributed by atoms with Crippen LogP contribution >= 0.6 is 0 Å². The average Bonchev–Trinajstić information content (AvgIpc) is 2.96. The number of para-hydroxylation sites is 1. The lowest BCUT2D eigenvalue weighted by atomic mass is 10.1. The summed E-state index contributed by atoms with van der Waals surface area (Å²) in [5, 5.41) is 4.46. The van der Waals surface area contributed by atoms with Gasteiger partial charge in [0, 0.05) is 30.0 Å². The molecule has 0 aliphatic heterocycles. The highest BCUT2D eigenvalue weighted by atomic mass is 19.4. The molecule has 0 saturated carbocycles. The summed E-state index contributed by atoms with van der Waals surface area (Å²) in [7, 11) is 0. The first-order valence-corrected chi connectivity index (χ1v) is 7.68. The molecular formula is C18H18F3N3. The Kier molecular flexibility index (Phi) is 4.32. The number of aromatic amines is 1. The molecule has 3 rings (SSSR count). The number of halogens is 3. The average molecular weight is 333 g/mol. The van der Waals surface area contributed by atoms with Gasteiger partial charge in [-0.15, -0.1) is 0 Å². The Morgan fingerprint density at radius 3 is 2.62 bits per heavy atom. The fourth-order valence-electron chi connectivity index (χ4n) is 2.63. The van der Waals surface area contributed by atoms with E-state index in [1.54, 1.807) is 6.92 Å². The molecule has 1 unspecified atom stereocenters. The topological polar surface area (TPSA) is 40.7 Å². The second-order valence-electron chi connectivity index (χ2n) is 5.91. The SMILES string of the molecule is Cc1cc(C(F)(F)F)ncc1CNC(C)c1cc2ccccc2[nH]1. The van der Waals surface area contributed by atoms with Crippen LogP contribution in [0.5, 0.6) is 0 Å². The van der Waals surface area contributed by atoms with Crippen molar-refractivity contribution < 1.29 is 13.2 Å². The van der Waals surface area contributed by atoms with Crippen molar-refractivity contribution in [2.75, 3.05) is 0 Å². The van der Waals surface area contributed by atoms with Gasteiger partial charge in [-0.25, -0.2) is 0 Å². The maximum atomic E-state index is 12.7. The molecule has 2 heterocycles. The molecular weight excluding hydrogens is 315 g/mol. The third-order valence-electron chi connectivity index (χ3n) is 4.13. The van der Waals surface area contributed by atoms with Gasteiger partial charge in [0.05, 0.1) is 0 Å². The lowest BCUT2D eigenvalue weighted by Gasteiger charge is -2.14. The second kappa shape index (κ2) is 6.28. The quantitative estimate of drug-likeness (QED) is 0.724. The van der Waals surface area contributed by atoms with E-state index in [2.05, 4.69) is 21.4 Å². The molecule has 3 aromatic rings. The van der Waals surface area contributed by atoms with Gasteiger partial charge >= 0.3 is 6.18 Å². The van der Waals surface area contributed by atoms with Gasteiger partial charge in [-0.05, 0) is 48.6 Å². The number of H-pyrrole nitrogens is 1. The number of aryl methyl sites for hydroxylation is 1. The molecule has 1 aromatic carbocycles. The van der Waals surface area contributed by atoms with Crippen LogP contribution in [0.3, 0.4) is 0 Å². The smallest absolute Gasteiger partial charge is 0.357 e. The molecule has 0 radical (unpaired) electrons. The molecule has 0 aliphatic carbocycles. The molecule has 1 atom stereocenters. The largest absolute Gasteiger partial charge is 0.433 e. The van der Waals surface area contributed by atoms with Crippen LogP contribution in [0.15, 0.2) is 42.6 Å². The monoisotopic (exact) mass is 333 g/mol. The number of aromatic nitrogens is 2. The lowest BCUT2D eigenvalue weighted by molar-refractivity contribution is -0.141. The highest BCUT2D eigenvalue weighted by molar-refractivity contribution is 5.80. The van der Waals surface area contributed by atoms with Gasteiger partial charge in [0.1, 0.15) is 5.69 Å². The molecule has 2 aromatic heterocycles. The normalized spacial score (nSPS) is 13.4. The molecule has 0 aliphatic rings. The molecule has 0 spiro atoms. The summed E-state index contributed by atoms with van der Waals surface area (Å²) in [6.45, 7) is 4.13. The maximum Gasteiger partial charge on any atom is 0.433 e. The van der Waals surface area contributed by atoms with E-state index in [-0.39, 0.29) is 6.04 Å². The number of rotatable bonds is 4. The Labute approximate surface area is 137 Å². The van der Waals surface area contributed by atoms with Crippen molar-refractivity contribution in [1.82, 2.24) is 15.3 Å². The number of hydrogen-bond donors (Lipinski definition) is 2. The third-order valence-corrected chi connectivity index (χ3v) is 4.13. The first-order chi connectivity index (χ1) is 11.3. The van der Waals surface area contributed by atoms with Gasteiger partial charge in [-0.3, -0.25) is 4.98 Å². The molecule has 0 amide bonds. The standard InChI is InChI=1S/C18H18F3N3/c1-11-7-17(18(19,20)21)23-10-14(11)9-22-12(2)16-8-13-5-3-4-6-15(13)24-16/h3-8,10,12,22,24H,9H2,1-2H3. The van der Waals surface area contributed by atoms with Gasteiger partial charge < -0.3 is 10.3 Å². The van der Waals surface area contributed by atoms with Gasteiger partial charge in [0.25, 0.3) is 0 Å². The van der Waals surface area contributed by atoms with Crippen LogP contribution < -0.4 is 5.32 Å². The van der Waals surface area contributed by atoms with E-state index in [4.69, 9.17) is 0 Å². The number of pyridine rings is 1. The Balaban J connectivity index is 1.71. The Hall–Kier alpha value is -2.34. The minimum absolute atomic E-state index is 0.0408. The number of hydrogen-bond acceptors (Lipinski definition) is 2. The van der Waals surface area contributed by atoms with E-state index < -0.39 is 11.9 Å². The number of alkyl halides is 3. The highest BCUT2D eigenvalue weighted by Gasteiger charge is 2.32. The summed E-state index contributed by atoms with van der Waals surface area (Å²) in [6.07, 6.45) is -3.11. The van der Waals surface area contributed by atoms with Gasteiger partial charge in [-0.2, -0.15) is 13.2 Å². The predicted molar refractivity (Wildman–Crippen MR) is 87.5 cm³/mol. The van der Waals surface area contributed by atoms with Crippen molar-refractivity contribution in [3.05, 3.63) is 65.1 Å². The maximum absolute atomic E-state index is 12.7. The number of fused-ring (bicyclic) bond motifs is 1. The number of nitrogens with zero attached hydrogens (tertiary/aromatic N) is 1. The van der Waals surface area contributed by atoms with E-state index in [1.165, 1.54) is 6.20 Å². The Morgan fingerprint density at radius 2 is 1.96 bits per heavy atom. The van der Waals surface area contributed by atoms with E-state index in [0.29, 0.717) is 12.1 Å². The minimum atomic E-state index is -4.41. The van der Waals surface area contributed by atoms with E-state index in [9.17, 15) is 13.2 Å². The van der Waals surface area contributed by atoms with E-state index in [1.807, 2.05) is 31.2 Å². The van der Waals surface area contributed by atoms with Crippen LogP contribution in [0.25, 0.3) is 10.9 Å². The number of nitrogens with one attached hydrogen (secondary N) is 2. The summed E-state index contributed by atoms with van der Waals surface area (Å²) in [6, 6.07) is 11.2. The summed E-state index contributed by atoms with van der Waals surface area (Å²) >= 11 is 0. The molecule has 126 valence electrons. The van der Waals surface area contributed by atoms with Crippen LogP contribution in [-0.2, 0) is 12.7 Å². The van der Waals surface area contributed by atoms with Gasteiger partial charge in [0.2, 0.25) is 0 Å². The summed E-state index contributed by atoms with van der Waals surface area (Å²) in [5.74, 6) is 0. The predicted octanol–water partition coefficient (Wildman–Crippen LogP) is 4.74. The summed E-state index contributed by atoms with van der Waals surface area (Å²) in [4.78, 5) is 6.87. The first-order valence-electron chi connectivity index (χ1n) is 7.68. The molecule has 6 heteroatoms. The van der Waals surface area contributed by atoms with Crippen LogP contribution in [0.1, 0.15) is 35.5 Å². The van der Waals surface area contributed by atoms with E-state index in [0.717, 1.165) is 28.2 Å². The van der Waals surface area contributed by atoms with Crippen molar-refractivity contribution in [2.24, 2.45) is 0 Å². The van der Waals surface area contributed by atoms with Gasteiger partial charge in [0.15, 0.2) is 0 Å². The first kappa shape index (κ1) is 16.5. The molecule has 2 N–H and O–H groups in total. The Bertz CT molecular complexity index is 819. The number of benzene rings is 1. The second-order valence-corrected chi connectivity index (χ2v) is 5.91. The lowest BCUT2D eigenvalue weighted by Crippen LogP contribution is -2.19. The summed E-state index contributed by atoms with van der Waals surface area (Å²) < 4.78 is 38.0. The zero-order chi connectivity index (χ0) is 17.3. The molecule has 0 fully saturated rings. The third kappa shape index (κ3) is 3.43. The van der Waals surface area contributed by atoms with Crippen LogP contribution in [0, 0.1) is 6.92 Å². The zero-order valence-electron chi connectivity index (χ0n) is 13.4. The van der Waals surface area contributed by atoms with Crippen molar-refractivity contribution in [2.45, 2.75) is 32.6 Å². The van der Waals surface area contributed by atoms with E-state index >= 15 is 0 Å². The van der Waals surface area contributed by atoms with Crippen molar-refractivity contribution >= 4 is 10.9 Å².